The van der Waals surface area contributed by atoms with Gasteiger partial charge in [-0.25, -0.2) is 22.7 Å². The Balaban J connectivity index is 0.000000531. The second kappa shape index (κ2) is 14.4. The number of rotatable bonds is 9. The highest BCUT2D eigenvalue weighted by Crippen LogP contribution is 2.26. The predicted molar refractivity (Wildman–Crippen MR) is 146 cm³/mol. The maximum absolute atomic E-state index is 12.8. The SMILES string of the molecule is O=C(N1CCc2ccc(S(=O)(=O)NCCCCN3CCc4ccccc4C3)cc2C1)C(F)(F)F.O=C(O)/C=C/C(=O)O. The van der Waals surface area contributed by atoms with Crippen molar-refractivity contribution < 1.29 is 46.2 Å². The number of amides is 1. The van der Waals surface area contributed by atoms with E-state index in [1.165, 1.54) is 23.3 Å². The van der Waals surface area contributed by atoms with Gasteiger partial charge in [0.1, 0.15) is 0 Å². The summed E-state index contributed by atoms with van der Waals surface area (Å²) >= 11 is 0. The molecule has 0 saturated heterocycles. The number of fused-ring (bicyclic) bond motifs is 2. The lowest BCUT2D eigenvalue weighted by Crippen LogP contribution is -2.43. The molecule has 0 bridgehead atoms. The summed E-state index contributed by atoms with van der Waals surface area (Å²) in [5.41, 5.74) is 3.92. The molecule has 1 amide bonds. The lowest BCUT2D eigenvalue weighted by Gasteiger charge is -2.29. The molecule has 4 rings (SSSR count). The number of alkyl halides is 3. The molecule has 2 aliphatic rings. The first kappa shape index (κ1) is 32.8. The third-order valence-electron chi connectivity index (χ3n) is 6.80. The lowest BCUT2D eigenvalue weighted by atomic mass is 10.00. The average Bonchev–Trinajstić information content (AvgIpc) is 2.94. The van der Waals surface area contributed by atoms with Gasteiger partial charge in [-0.2, -0.15) is 13.2 Å². The van der Waals surface area contributed by atoms with Crippen molar-refractivity contribution in [3.05, 3.63) is 76.9 Å². The zero-order chi connectivity index (χ0) is 30.9. The molecule has 14 heteroatoms. The molecular weight excluding hydrogens is 579 g/mol. The van der Waals surface area contributed by atoms with Gasteiger partial charge in [-0.05, 0) is 66.6 Å². The summed E-state index contributed by atoms with van der Waals surface area (Å²) in [7, 11) is -3.79. The molecule has 3 N–H and O–H groups in total. The smallest absolute Gasteiger partial charge is 0.471 e. The summed E-state index contributed by atoms with van der Waals surface area (Å²) in [5, 5.41) is 15.6. The Morgan fingerprint density at radius 2 is 1.48 bits per heavy atom. The first-order chi connectivity index (χ1) is 19.8. The number of aliphatic carboxylic acids is 2. The van der Waals surface area contributed by atoms with Crippen LogP contribution in [0, 0.1) is 0 Å². The number of carboxylic acids is 2. The van der Waals surface area contributed by atoms with Gasteiger partial charge in [-0.1, -0.05) is 30.3 Å². The molecule has 0 aromatic heterocycles. The molecule has 0 aliphatic carbocycles. The van der Waals surface area contributed by atoms with Gasteiger partial charge in [0.15, 0.2) is 0 Å². The van der Waals surface area contributed by atoms with Gasteiger partial charge in [-0.3, -0.25) is 9.69 Å². The Bertz CT molecular complexity index is 1410. The van der Waals surface area contributed by atoms with E-state index in [1.54, 1.807) is 6.07 Å². The lowest BCUT2D eigenvalue weighted by molar-refractivity contribution is -0.186. The highest BCUT2D eigenvalue weighted by atomic mass is 32.2. The van der Waals surface area contributed by atoms with Crippen LogP contribution in [0.1, 0.15) is 35.1 Å². The van der Waals surface area contributed by atoms with Gasteiger partial charge < -0.3 is 15.1 Å². The number of carbonyl (C=O) groups excluding carboxylic acids is 1. The fraction of sp³-hybridized carbons (Fsp3) is 0.393. The minimum Gasteiger partial charge on any atom is -0.478 e. The number of benzene rings is 2. The summed E-state index contributed by atoms with van der Waals surface area (Å²) in [6, 6.07) is 12.9. The number of unbranched alkanes of at least 4 members (excludes halogenated alkanes) is 1. The third-order valence-corrected chi connectivity index (χ3v) is 8.26. The molecule has 0 spiro atoms. The molecule has 10 nitrogen and oxygen atoms in total. The fourth-order valence-electron chi connectivity index (χ4n) is 4.69. The molecule has 2 heterocycles. The number of nitrogens with zero attached hydrogens (tertiary/aromatic N) is 2. The summed E-state index contributed by atoms with van der Waals surface area (Å²) in [5.74, 6) is -4.42. The van der Waals surface area contributed by atoms with E-state index < -0.39 is 34.0 Å². The van der Waals surface area contributed by atoms with Gasteiger partial charge in [0.2, 0.25) is 10.0 Å². The van der Waals surface area contributed by atoms with Crippen LogP contribution in [0.4, 0.5) is 13.2 Å². The normalized spacial score (nSPS) is 15.4. The van der Waals surface area contributed by atoms with E-state index in [0.717, 1.165) is 38.0 Å². The molecule has 42 heavy (non-hydrogen) atoms. The summed E-state index contributed by atoms with van der Waals surface area (Å²) in [4.78, 5) is 33.7. The number of carbonyl (C=O) groups is 3. The van der Waals surface area contributed by atoms with Crippen molar-refractivity contribution in [2.24, 2.45) is 0 Å². The van der Waals surface area contributed by atoms with Crippen molar-refractivity contribution in [2.75, 3.05) is 26.2 Å². The first-order valence-corrected chi connectivity index (χ1v) is 14.6. The van der Waals surface area contributed by atoms with Crippen LogP contribution in [0.3, 0.4) is 0 Å². The van der Waals surface area contributed by atoms with Crippen LogP contribution in [-0.2, 0) is 50.3 Å². The average molecular weight is 612 g/mol. The molecule has 228 valence electrons. The molecule has 0 fully saturated rings. The number of carboxylic acid groups (broad SMARTS) is 2. The largest absolute Gasteiger partial charge is 0.478 e. The van der Waals surface area contributed by atoms with E-state index in [0.29, 0.717) is 29.0 Å². The van der Waals surface area contributed by atoms with Gasteiger partial charge in [0.05, 0.1) is 4.90 Å². The van der Waals surface area contributed by atoms with Gasteiger partial charge >= 0.3 is 24.0 Å². The Kier molecular flexibility index (Phi) is 11.3. The van der Waals surface area contributed by atoms with Crippen molar-refractivity contribution in [3.63, 3.8) is 0 Å². The van der Waals surface area contributed by atoms with Crippen LogP contribution in [-0.4, -0.2) is 78.6 Å². The molecule has 0 atom stereocenters. The highest BCUT2D eigenvalue weighted by molar-refractivity contribution is 7.89. The second-order valence-corrected chi connectivity index (χ2v) is 11.6. The second-order valence-electron chi connectivity index (χ2n) is 9.81. The van der Waals surface area contributed by atoms with Crippen molar-refractivity contribution >= 4 is 27.9 Å². The van der Waals surface area contributed by atoms with E-state index in [9.17, 15) is 36.0 Å². The Labute approximate surface area is 241 Å². The molecule has 0 radical (unpaired) electrons. The van der Waals surface area contributed by atoms with Gasteiger partial charge in [0.25, 0.3) is 0 Å². The van der Waals surface area contributed by atoms with Crippen LogP contribution in [0.25, 0.3) is 0 Å². The number of halogens is 3. The van der Waals surface area contributed by atoms with Crippen LogP contribution < -0.4 is 4.72 Å². The maximum Gasteiger partial charge on any atom is 0.471 e. The van der Waals surface area contributed by atoms with E-state index in [4.69, 9.17) is 10.2 Å². The molecule has 0 unspecified atom stereocenters. The zero-order valence-corrected chi connectivity index (χ0v) is 23.5. The summed E-state index contributed by atoms with van der Waals surface area (Å²) < 4.78 is 66.3. The molecule has 2 aliphatic heterocycles. The predicted octanol–water partition coefficient (Wildman–Crippen LogP) is 2.96. The topological polar surface area (TPSA) is 144 Å². The van der Waals surface area contributed by atoms with E-state index in [-0.39, 0.29) is 31.0 Å². The third kappa shape index (κ3) is 9.67. The molecule has 0 saturated carbocycles. The Hall–Kier alpha value is -3.75. The van der Waals surface area contributed by atoms with Crippen molar-refractivity contribution in [2.45, 2.75) is 49.8 Å². The van der Waals surface area contributed by atoms with Crippen LogP contribution in [0.15, 0.2) is 59.5 Å². The molecule has 2 aromatic carbocycles. The summed E-state index contributed by atoms with van der Waals surface area (Å²) in [6.07, 6.45) is -1.02. The number of sulfonamides is 1. The number of hydrogen-bond donors (Lipinski definition) is 3. The minimum atomic E-state index is -4.94. The minimum absolute atomic E-state index is 0.000181. The van der Waals surface area contributed by atoms with Crippen molar-refractivity contribution in [3.8, 4) is 0 Å². The maximum atomic E-state index is 12.8. The first-order valence-electron chi connectivity index (χ1n) is 13.2. The highest BCUT2D eigenvalue weighted by Gasteiger charge is 2.43. The standard InChI is InChI=1S/C24H28F3N3O3S.C4H4O4/c25-24(26,27)23(31)30-14-10-19-7-8-22(15-21(19)17-30)34(32,33)28-11-3-4-12-29-13-9-18-5-1-2-6-20(18)16-29;5-3(6)1-2-4(7)8/h1-2,5-8,15,28H,3-4,9-14,16-17H2;1-2H,(H,5,6)(H,7,8)/b;2-1+. The van der Waals surface area contributed by atoms with Gasteiger partial charge in [0, 0.05) is 44.9 Å². The molecular formula is C28H32F3N3O7S. The van der Waals surface area contributed by atoms with E-state index in [2.05, 4.69) is 27.8 Å². The van der Waals surface area contributed by atoms with Crippen LogP contribution >= 0.6 is 0 Å². The van der Waals surface area contributed by atoms with E-state index in [1.807, 2.05) is 6.07 Å². The van der Waals surface area contributed by atoms with Crippen LogP contribution in [0.2, 0.25) is 0 Å². The summed E-state index contributed by atoms with van der Waals surface area (Å²) in [6.45, 7) is 2.77. The van der Waals surface area contributed by atoms with Crippen LogP contribution in [0.5, 0.6) is 0 Å². The quantitative estimate of drug-likeness (QED) is 0.290. The number of nitrogens with one attached hydrogen (secondary N) is 1. The van der Waals surface area contributed by atoms with Crippen molar-refractivity contribution in [1.82, 2.24) is 14.5 Å². The Morgan fingerprint density at radius 1 is 0.857 bits per heavy atom. The Morgan fingerprint density at radius 3 is 2.12 bits per heavy atom. The van der Waals surface area contributed by atoms with Gasteiger partial charge in [-0.15, -0.1) is 0 Å². The van der Waals surface area contributed by atoms with E-state index >= 15 is 0 Å². The van der Waals surface area contributed by atoms with Crippen molar-refractivity contribution in [1.29, 1.82) is 0 Å². The number of hydrogen-bond acceptors (Lipinski definition) is 6. The monoisotopic (exact) mass is 611 g/mol. The molecule has 2 aromatic rings. The fourth-order valence-corrected chi connectivity index (χ4v) is 5.82. The zero-order valence-electron chi connectivity index (χ0n) is 22.6.